The van der Waals surface area contributed by atoms with E-state index in [1.807, 2.05) is 24.3 Å². The number of benzene rings is 2. The second kappa shape index (κ2) is 5.70. The van der Waals surface area contributed by atoms with E-state index < -0.39 is 0 Å². The summed E-state index contributed by atoms with van der Waals surface area (Å²) in [7, 11) is 0. The molecule has 1 N–H and O–H groups in total. The highest BCUT2D eigenvalue weighted by atomic mass is 79.9. The van der Waals surface area contributed by atoms with Gasteiger partial charge in [-0.25, -0.2) is 0 Å². The molecule has 2 aromatic carbocycles. The highest BCUT2D eigenvalue weighted by molar-refractivity contribution is 9.10. The van der Waals surface area contributed by atoms with Crippen molar-refractivity contribution in [3.8, 4) is 6.07 Å². The lowest BCUT2D eigenvalue weighted by molar-refractivity contribution is 1.14. The van der Waals surface area contributed by atoms with E-state index in [0.717, 1.165) is 22.3 Å². The maximum absolute atomic E-state index is 8.87. The second-order valence-corrected chi connectivity index (χ2v) is 4.84. The van der Waals surface area contributed by atoms with Crippen molar-refractivity contribution in [2.75, 3.05) is 5.32 Å². The van der Waals surface area contributed by atoms with E-state index in [9.17, 15) is 0 Å². The third-order valence-corrected chi connectivity index (χ3v) is 3.37. The summed E-state index contributed by atoms with van der Waals surface area (Å²) < 4.78 is 0.807. The zero-order valence-corrected chi connectivity index (χ0v) is 11.7. The summed E-state index contributed by atoms with van der Waals surface area (Å²) in [6.07, 6.45) is 1.02. The predicted octanol–water partition coefficient (Wildman–Crippen LogP) is 4.63. The summed E-state index contributed by atoms with van der Waals surface area (Å²) in [5.41, 5.74) is 3.97. The first-order valence-electron chi connectivity index (χ1n) is 5.78. The van der Waals surface area contributed by atoms with Gasteiger partial charge in [-0.2, -0.15) is 5.26 Å². The third kappa shape index (κ3) is 2.91. The highest BCUT2D eigenvalue weighted by Gasteiger charge is 2.01. The van der Waals surface area contributed by atoms with Crippen LogP contribution in [0.3, 0.4) is 0 Å². The van der Waals surface area contributed by atoms with E-state index in [1.54, 1.807) is 6.07 Å². The van der Waals surface area contributed by atoms with E-state index >= 15 is 0 Å². The summed E-state index contributed by atoms with van der Waals surface area (Å²) in [6.45, 7) is 2.14. The van der Waals surface area contributed by atoms with E-state index in [-0.39, 0.29) is 0 Å². The molecule has 0 heterocycles. The Hall–Kier alpha value is -1.79. The van der Waals surface area contributed by atoms with Crippen molar-refractivity contribution in [2.24, 2.45) is 0 Å². The number of aryl methyl sites for hydroxylation is 1. The number of hydrogen-bond acceptors (Lipinski definition) is 2. The smallest absolute Gasteiger partial charge is 0.100 e. The van der Waals surface area contributed by atoms with Gasteiger partial charge in [0.1, 0.15) is 6.07 Å². The van der Waals surface area contributed by atoms with Crippen molar-refractivity contribution in [3.63, 3.8) is 0 Å². The van der Waals surface area contributed by atoms with Gasteiger partial charge in [0.25, 0.3) is 0 Å². The molecule has 2 nitrogen and oxygen atoms in total. The van der Waals surface area contributed by atoms with Crippen LogP contribution in [0.2, 0.25) is 0 Å². The molecule has 0 aliphatic rings. The van der Waals surface area contributed by atoms with Crippen LogP contribution >= 0.6 is 15.9 Å². The Bertz CT molecular complexity index is 600. The summed E-state index contributed by atoms with van der Waals surface area (Å²) in [6, 6.07) is 16.1. The molecule has 3 heteroatoms. The minimum absolute atomic E-state index is 0.642. The van der Waals surface area contributed by atoms with Crippen molar-refractivity contribution >= 4 is 27.3 Å². The van der Waals surface area contributed by atoms with Gasteiger partial charge >= 0.3 is 0 Å². The molecule has 0 aromatic heterocycles. The Kier molecular flexibility index (Phi) is 4.01. The van der Waals surface area contributed by atoms with Gasteiger partial charge in [0.05, 0.1) is 5.56 Å². The molecule has 0 atom stereocenters. The van der Waals surface area contributed by atoms with E-state index in [1.165, 1.54) is 5.56 Å². The zero-order chi connectivity index (χ0) is 13.0. The van der Waals surface area contributed by atoms with Crippen LogP contribution in [0.4, 0.5) is 11.4 Å². The summed E-state index contributed by atoms with van der Waals surface area (Å²) in [4.78, 5) is 0. The molecule has 0 aliphatic heterocycles. The number of nitriles is 1. The van der Waals surface area contributed by atoms with Gasteiger partial charge in [0.2, 0.25) is 0 Å². The predicted molar refractivity (Wildman–Crippen MR) is 78.0 cm³/mol. The molecule has 0 amide bonds. The topological polar surface area (TPSA) is 35.8 Å². The van der Waals surface area contributed by atoms with Crippen LogP contribution in [0.25, 0.3) is 0 Å². The van der Waals surface area contributed by atoms with Crippen LogP contribution in [-0.4, -0.2) is 0 Å². The van der Waals surface area contributed by atoms with Gasteiger partial charge in [0.15, 0.2) is 0 Å². The summed E-state index contributed by atoms with van der Waals surface area (Å²) in [5.74, 6) is 0. The Morgan fingerprint density at radius 1 is 1.17 bits per heavy atom. The molecule has 0 saturated heterocycles. The molecule has 90 valence electrons. The molecule has 0 bridgehead atoms. The van der Waals surface area contributed by atoms with Crippen molar-refractivity contribution in [1.82, 2.24) is 0 Å². The first-order valence-corrected chi connectivity index (χ1v) is 6.58. The monoisotopic (exact) mass is 300 g/mol. The molecule has 0 saturated carbocycles. The Labute approximate surface area is 115 Å². The van der Waals surface area contributed by atoms with Crippen LogP contribution in [0, 0.1) is 11.3 Å². The number of halogens is 1. The lowest BCUT2D eigenvalue weighted by Gasteiger charge is -2.08. The van der Waals surface area contributed by atoms with Gasteiger partial charge in [0, 0.05) is 15.8 Å². The number of hydrogen-bond donors (Lipinski definition) is 1. The number of nitrogens with one attached hydrogen (secondary N) is 1. The molecule has 2 rings (SSSR count). The first-order chi connectivity index (χ1) is 8.72. The summed E-state index contributed by atoms with van der Waals surface area (Å²) >= 11 is 3.39. The molecule has 0 radical (unpaired) electrons. The van der Waals surface area contributed by atoms with E-state index in [4.69, 9.17) is 5.26 Å². The highest BCUT2D eigenvalue weighted by Crippen LogP contribution is 2.24. The number of rotatable bonds is 3. The normalized spacial score (nSPS) is 9.83. The van der Waals surface area contributed by atoms with Gasteiger partial charge in [-0.15, -0.1) is 0 Å². The maximum Gasteiger partial charge on any atom is 0.100 e. The zero-order valence-electron chi connectivity index (χ0n) is 10.1. The van der Waals surface area contributed by atoms with Gasteiger partial charge in [-0.3, -0.25) is 0 Å². The molecule has 18 heavy (non-hydrogen) atoms. The molecule has 2 aromatic rings. The van der Waals surface area contributed by atoms with E-state index in [0.29, 0.717) is 5.56 Å². The average molecular weight is 301 g/mol. The van der Waals surface area contributed by atoms with Crippen molar-refractivity contribution in [1.29, 1.82) is 5.26 Å². The summed E-state index contributed by atoms with van der Waals surface area (Å²) in [5, 5.41) is 12.2. The Morgan fingerprint density at radius 2 is 1.94 bits per heavy atom. The molecular weight excluding hydrogens is 288 g/mol. The van der Waals surface area contributed by atoms with Gasteiger partial charge in [-0.05, 0) is 58.2 Å². The Balaban J connectivity index is 2.23. The van der Waals surface area contributed by atoms with Gasteiger partial charge in [-0.1, -0.05) is 19.1 Å². The Morgan fingerprint density at radius 3 is 2.61 bits per heavy atom. The van der Waals surface area contributed by atoms with Crippen LogP contribution in [0.1, 0.15) is 18.1 Å². The number of nitrogens with zero attached hydrogens (tertiary/aromatic N) is 1. The fraction of sp³-hybridized carbons (Fsp3) is 0.133. The molecule has 0 aliphatic carbocycles. The first kappa shape index (κ1) is 12.7. The van der Waals surface area contributed by atoms with Crippen molar-refractivity contribution in [3.05, 3.63) is 58.1 Å². The standard InChI is InChI=1S/C15H13BrN2/c1-2-11-4-3-5-13(8-11)18-14-7-6-12(10-17)15(16)9-14/h3-9,18H,2H2,1H3. The van der Waals surface area contributed by atoms with Crippen LogP contribution in [0.5, 0.6) is 0 Å². The molecule has 0 fully saturated rings. The average Bonchev–Trinajstić information content (AvgIpc) is 2.39. The SMILES string of the molecule is CCc1cccc(Nc2ccc(C#N)c(Br)c2)c1. The van der Waals surface area contributed by atoms with Crippen LogP contribution in [-0.2, 0) is 6.42 Å². The molecule has 0 spiro atoms. The minimum atomic E-state index is 0.642. The minimum Gasteiger partial charge on any atom is -0.355 e. The molecule has 0 unspecified atom stereocenters. The van der Waals surface area contributed by atoms with Gasteiger partial charge < -0.3 is 5.32 Å². The van der Waals surface area contributed by atoms with Crippen molar-refractivity contribution in [2.45, 2.75) is 13.3 Å². The third-order valence-electron chi connectivity index (χ3n) is 2.71. The van der Waals surface area contributed by atoms with Crippen LogP contribution < -0.4 is 5.32 Å². The fourth-order valence-corrected chi connectivity index (χ4v) is 2.19. The lowest BCUT2D eigenvalue weighted by Crippen LogP contribution is -1.92. The quantitative estimate of drug-likeness (QED) is 0.897. The lowest BCUT2D eigenvalue weighted by atomic mass is 10.1. The molecular formula is C15H13BrN2. The number of anilines is 2. The second-order valence-electron chi connectivity index (χ2n) is 3.99. The van der Waals surface area contributed by atoms with Crippen LogP contribution in [0.15, 0.2) is 46.9 Å². The van der Waals surface area contributed by atoms with Crippen molar-refractivity contribution < 1.29 is 0 Å². The van der Waals surface area contributed by atoms with E-state index in [2.05, 4.69) is 46.4 Å². The fourth-order valence-electron chi connectivity index (χ4n) is 1.72. The maximum atomic E-state index is 8.87. The largest absolute Gasteiger partial charge is 0.355 e.